The van der Waals surface area contributed by atoms with E-state index in [4.69, 9.17) is 9.15 Å². The van der Waals surface area contributed by atoms with E-state index in [9.17, 15) is 34.5 Å². The second-order valence-corrected chi connectivity index (χ2v) is 5.65. The molecule has 1 heterocycles. The number of hydrogen-bond donors (Lipinski definition) is 3. The van der Waals surface area contributed by atoms with Gasteiger partial charge in [-0.15, -0.1) is 0 Å². The van der Waals surface area contributed by atoms with Crippen molar-refractivity contribution in [1.82, 2.24) is 0 Å². The molecule has 0 aliphatic carbocycles. The first-order valence-corrected chi connectivity index (χ1v) is 7.79. The Labute approximate surface area is 156 Å². The largest absolute Gasteiger partial charge is 0.477 e. The molecule has 0 aliphatic heterocycles. The van der Waals surface area contributed by atoms with Gasteiger partial charge >= 0.3 is 23.5 Å². The van der Waals surface area contributed by atoms with Crippen LogP contribution in [0.1, 0.15) is 0 Å². The lowest BCUT2D eigenvalue weighted by atomic mass is 10.0. The summed E-state index contributed by atoms with van der Waals surface area (Å²) in [6.45, 7) is 0. The lowest BCUT2D eigenvalue weighted by molar-refractivity contribution is -0.183. The van der Waals surface area contributed by atoms with Crippen LogP contribution in [0.3, 0.4) is 0 Å². The Kier molecular flexibility index (Phi) is 4.58. The maximum absolute atomic E-state index is 12.9. The van der Waals surface area contributed by atoms with E-state index < -0.39 is 34.7 Å². The Morgan fingerprint density at radius 2 is 1.36 bits per heavy atom. The van der Waals surface area contributed by atoms with Crippen LogP contribution in [0, 0.1) is 0 Å². The number of fused-ring (bicyclic) bond motifs is 1. The third-order valence-corrected chi connectivity index (χ3v) is 3.95. The van der Waals surface area contributed by atoms with Crippen LogP contribution in [0.2, 0.25) is 0 Å². The number of aliphatic carboxylic acids is 3. The van der Waals surface area contributed by atoms with Crippen molar-refractivity contribution in [2.75, 3.05) is 0 Å². The molecule has 0 fully saturated rings. The highest BCUT2D eigenvalue weighted by Crippen LogP contribution is 2.33. The zero-order chi connectivity index (χ0) is 20.5. The van der Waals surface area contributed by atoms with E-state index in [1.165, 1.54) is 30.3 Å². The molecule has 9 heteroatoms. The van der Waals surface area contributed by atoms with Gasteiger partial charge in [-0.25, -0.2) is 14.4 Å². The molecule has 0 radical (unpaired) electrons. The SMILES string of the molecule is O=C(O)C(Oc1c(-c2ccccc2)oc2ccccc2c1=O)(C(=O)O)C(=O)O. The van der Waals surface area contributed by atoms with E-state index in [1.54, 1.807) is 24.3 Å². The van der Waals surface area contributed by atoms with Crippen molar-refractivity contribution in [1.29, 1.82) is 0 Å². The molecule has 0 atom stereocenters. The van der Waals surface area contributed by atoms with Gasteiger partial charge in [-0.3, -0.25) is 4.79 Å². The summed E-state index contributed by atoms with van der Waals surface area (Å²) in [6.07, 6.45) is 0. The molecule has 3 N–H and O–H groups in total. The molecule has 2 aromatic carbocycles. The van der Waals surface area contributed by atoms with Crippen LogP contribution in [0.5, 0.6) is 5.75 Å². The van der Waals surface area contributed by atoms with Crippen molar-refractivity contribution >= 4 is 28.9 Å². The molecule has 0 aliphatic rings. The van der Waals surface area contributed by atoms with Crippen LogP contribution in [-0.2, 0) is 14.4 Å². The van der Waals surface area contributed by atoms with Gasteiger partial charge in [-0.2, -0.15) is 0 Å². The first kappa shape index (κ1) is 18.6. The minimum Gasteiger partial charge on any atom is -0.477 e. The predicted octanol–water partition coefficient (Wildman–Crippen LogP) is 1.83. The summed E-state index contributed by atoms with van der Waals surface area (Å²) in [5, 5.41) is 27.8. The Balaban J connectivity index is 2.37. The van der Waals surface area contributed by atoms with Crippen molar-refractivity contribution in [2.24, 2.45) is 0 Å². The van der Waals surface area contributed by atoms with Crippen LogP contribution in [0.4, 0.5) is 0 Å². The maximum Gasteiger partial charge on any atom is 0.398 e. The fourth-order valence-corrected chi connectivity index (χ4v) is 2.56. The highest BCUT2D eigenvalue weighted by Gasteiger charge is 2.59. The van der Waals surface area contributed by atoms with Crippen LogP contribution < -0.4 is 10.2 Å². The normalized spacial score (nSPS) is 11.1. The molecule has 3 rings (SSSR count). The Morgan fingerprint density at radius 1 is 0.821 bits per heavy atom. The second kappa shape index (κ2) is 6.88. The van der Waals surface area contributed by atoms with Crippen LogP contribution in [0.25, 0.3) is 22.3 Å². The van der Waals surface area contributed by atoms with E-state index >= 15 is 0 Å². The van der Waals surface area contributed by atoms with E-state index in [2.05, 4.69) is 0 Å². The monoisotopic (exact) mass is 384 g/mol. The fourth-order valence-electron chi connectivity index (χ4n) is 2.56. The topological polar surface area (TPSA) is 151 Å². The average Bonchev–Trinajstić information content (AvgIpc) is 2.67. The highest BCUT2D eigenvalue weighted by atomic mass is 16.6. The molecule has 0 saturated carbocycles. The minimum atomic E-state index is -3.74. The third kappa shape index (κ3) is 2.84. The average molecular weight is 384 g/mol. The molecule has 0 bridgehead atoms. The van der Waals surface area contributed by atoms with Gasteiger partial charge in [-0.05, 0) is 12.1 Å². The first-order valence-electron chi connectivity index (χ1n) is 7.79. The van der Waals surface area contributed by atoms with Gasteiger partial charge in [0.05, 0.1) is 5.39 Å². The molecular weight excluding hydrogens is 372 g/mol. The number of benzene rings is 2. The van der Waals surface area contributed by atoms with Crippen molar-refractivity contribution < 1.29 is 38.9 Å². The van der Waals surface area contributed by atoms with E-state index in [0.717, 1.165) is 0 Å². The van der Waals surface area contributed by atoms with Gasteiger partial charge in [0.1, 0.15) is 5.58 Å². The van der Waals surface area contributed by atoms with Crippen molar-refractivity contribution in [2.45, 2.75) is 5.60 Å². The number of carboxylic acid groups (broad SMARTS) is 3. The van der Waals surface area contributed by atoms with E-state index in [0.29, 0.717) is 0 Å². The van der Waals surface area contributed by atoms with Gasteiger partial charge in [0.15, 0.2) is 5.76 Å². The molecule has 28 heavy (non-hydrogen) atoms. The minimum absolute atomic E-state index is 0.0350. The van der Waals surface area contributed by atoms with Gasteiger partial charge in [0, 0.05) is 5.56 Å². The number of carbonyl (C=O) groups is 3. The molecule has 0 amide bonds. The standard InChI is InChI=1S/C19H12O9/c20-13-11-8-4-5-9-12(11)27-14(10-6-2-1-3-7-10)15(13)28-19(16(21)22,17(23)24)18(25)26/h1-9H,(H,21,22)(H,23,24)(H,25,26). The molecule has 3 aromatic rings. The zero-order valence-electron chi connectivity index (χ0n) is 14.0. The zero-order valence-corrected chi connectivity index (χ0v) is 14.0. The highest BCUT2D eigenvalue weighted by molar-refractivity contribution is 6.20. The molecule has 1 aromatic heterocycles. The summed E-state index contributed by atoms with van der Waals surface area (Å²) >= 11 is 0. The van der Waals surface area contributed by atoms with Crippen molar-refractivity contribution in [3.8, 4) is 17.1 Å². The Bertz CT molecular complexity index is 1110. The van der Waals surface area contributed by atoms with Gasteiger partial charge < -0.3 is 24.5 Å². The number of para-hydroxylation sites is 1. The summed E-state index contributed by atoms with van der Waals surface area (Å²) in [5.74, 6) is -8.05. The molecule has 142 valence electrons. The van der Waals surface area contributed by atoms with Gasteiger partial charge in [0.25, 0.3) is 0 Å². The summed E-state index contributed by atoms with van der Waals surface area (Å²) in [7, 11) is 0. The van der Waals surface area contributed by atoms with Crippen LogP contribution in [-0.4, -0.2) is 38.8 Å². The molecular formula is C19H12O9. The number of hydrogen-bond acceptors (Lipinski definition) is 6. The third-order valence-electron chi connectivity index (χ3n) is 3.95. The van der Waals surface area contributed by atoms with Crippen LogP contribution >= 0.6 is 0 Å². The molecule has 0 saturated heterocycles. The number of carboxylic acids is 3. The summed E-state index contributed by atoms with van der Waals surface area (Å²) in [6, 6.07) is 13.8. The lowest BCUT2D eigenvalue weighted by Crippen LogP contribution is -2.58. The Hall–Kier alpha value is -4.14. The summed E-state index contributed by atoms with van der Waals surface area (Å²) in [4.78, 5) is 47.4. The van der Waals surface area contributed by atoms with E-state index in [-0.39, 0.29) is 22.3 Å². The number of ether oxygens (including phenoxy) is 1. The summed E-state index contributed by atoms with van der Waals surface area (Å²) < 4.78 is 10.5. The molecule has 0 spiro atoms. The Morgan fingerprint density at radius 3 is 1.93 bits per heavy atom. The van der Waals surface area contributed by atoms with E-state index in [1.807, 2.05) is 0 Å². The van der Waals surface area contributed by atoms with Crippen molar-refractivity contribution in [3.05, 3.63) is 64.8 Å². The molecule has 9 nitrogen and oxygen atoms in total. The maximum atomic E-state index is 12.9. The quantitative estimate of drug-likeness (QED) is 0.540. The lowest BCUT2D eigenvalue weighted by Gasteiger charge is -2.22. The van der Waals surface area contributed by atoms with Gasteiger partial charge in [0.2, 0.25) is 11.2 Å². The smallest absolute Gasteiger partial charge is 0.398 e. The van der Waals surface area contributed by atoms with Gasteiger partial charge in [-0.1, -0.05) is 42.5 Å². The summed E-state index contributed by atoms with van der Waals surface area (Å²) in [5.41, 5.74) is -4.25. The second-order valence-electron chi connectivity index (χ2n) is 5.65. The van der Waals surface area contributed by atoms with Crippen LogP contribution in [0.15, 0.2) is 63.8 Å². The first-order chi connectivity index (χ1) is 13.3. The van der Waals surface area contributed by atoms with Crippen molar-refractivity contribution in [3.63, 3.8) is 0 Å². The number of rotatable bonds is 6. The predicted molar refractivity (Wildman–Crippen MR) is 94.2 cm³/mol. The fraction of sp³-hybridized carbons (Fsp3) is 0.0526. The molecule has 0 unspecified atom stereocenters.